The van der Waals surface area contributed by atoms with Gasteiger partial charge in [0.1, 0.15) is 5.75 Å². The Morgan fingerprint density at radius 1 is 0.839 bits per heavy atom. The van der Waals surface area contributed by atoms with E-state index in [4.69, 9.17) is 21.1 Å². The maximum absolute atomic E-state index is 13.6. The number of anilines is 1. The van der Waals surface area contributed by atoms with E-state index in [9.17, 15) is 23.1 Å². The zero-order chi connectivity index (χ0) is 40.2. The molecule has 1 heterocycles. The third-order valence-electron chi connectivity index (χ3n) is 9.54. The molecule has 3 N–H and O–H groups in total. The second-order valence-corrected chi connectivity index (χ2v) is 17.4. The lowest BCUT2D eigenvalue weighted by Gasteiger charge is -2.17. The number of phenols is 1. The van der Waals surface area contributed by atoms with Crippen molar-refractivity contribution in [2.75, 3.05) is 38.8 Å². The minimum Gasteiger partial charge on any atom is -0.503 e. The number of carbonyl (C=O) groups excluding carboxylic acids is 2. The molecule has 0 aromatic heterocycles. The lowest BCUT2D eigenvalue weighted by molar-refractivity contribution is -0.113. The number of unbranched alkanes of at least 4 members (excludes halogenated alkanes) is 7. The van der Waals surface area contributed by atoms with Crippen LogP contribution in [0.15, 0.2) is 86.6 Å². The van der Waals surface area contributed by atoms with Crippen molar-refractivity contribution >= 4 is 82.6 Å². The Kier molecular flexibility index (Phi) is 15.8. The number of hydrogen-bond donors (Lipinski definition) is 3. The summed E-state index contributed by atoms with van der Waals surface area (Å²) in [5.74, 6) is 0.415. The van der Waals surface area contributed by atoms with Crippen LogP contribution in [0.25, 0.3) is 11.6 Å². The highest BCUT2D eigenvalue weighted by Crippen LogP contribution is 2.41. The maximum atomic E-state index is 13.6. The molecule has 2 amide bonds. The molecule has 0 aliphatic carbocycles. The number of methoxy groups -OCH3 is 2. The lowest BCUT2D eigenvalue weighted by atomic mass is 10.0. The first kappa shape index (κ1) is 43.2. The molecular weight excluding hydrogens is 886 g/mol. The molecule has 0 atom stereocenters. The van der Waals surface area contributed by atoms with Crippen LogP contribution >= 0.6 is 43.5 Å². The van der Waals surface area contributed by atoms with Gasteiger partial charge < -0.3 is 24.8 Å². The number of nitrogens with zero attached hydrogens (tertiary/aromatic N) is 1. The number of ether oxygens (including phenoxy) is 2. The first-order valence-electron chi connectivity index (χ1n) is 18.5. The van der Waals surface area contributed by atoms with Gasteiger partial charge in [-0.1, -0.05) is 78.2 Å². The molecule has 0 fully saturated rings. The SMILES string of the molecule is COc1ccc(Cl)cc1C(=O)NCCc1ccc(S(=O)(=O)NCCCCCCCCCCN2C(=O)C(=Cc3cc(Br)c(O)c(OC)c3)c3cc(Br)ccc32)cc1. The molecule has 0 saturated heterocycles. The molecule has 0 saturated carbocycles. The van der Waals surface area contributed by atoms with Crippen molar-refractivity contribution in [2.45, 2.75) is 62.7 Å². The molecule has 1 aliphatic heterocycles. The van der Waals surface area contributed by atoms with Gasteiger partial charge in [-0.25, -0.2) is 13.1 Å². The summed E-state index contributed by atoms with van der Waals surface area (Å²) in [6.45, 7) is 1.36. The lowest BCUT2D eigenvalue weighted by Crippen LogP contribution is -2.27. The molecule has 0 spiro atoms. The van der Waals surface area contributed by atoms with Crippen molar-refractivity contribution in [3.05, 3.63) is 109 Å². The van der Waals surface area contributed by atoms with Gasteiger partial charge in [-0.05, 0) is 113 Å². The van der Waals surface area contributed by atoms with Crippen LogP contribution in [-0.4, -0.2) is 59.2 Å². The van der Waals surface area contributed by atoms with E-state index in [1.54, 1.807) is 54.6 Å². The minimum absolute atomic E-state index is 0.00967. The average Bonchev–Trinajstić information content (AvgIpc) is 3.43. The van der Waals surface area contributed by atoms with Gasteiger partial charge in [-0.15, -0.1) is 0 Å². The van der Waals surface area contributed by atoms with Gasteiger partial charge in [0.05, 0.1) is 34.8 Å². The standard InChI is InChI=1S/C42H46Br2ClN3O7S/c1-54-38-18-14-31(45)27-35(38)41(50)46-21-19-28-11-15-32(16-12-28)56(52,53)47-20-9-7-5-3-4-6-8-10-22-48-37-17-13-30(43)26-33(37)34(42(48)51)23-29-24-36(44)40(49)39(25-29)55-2/h11-18,23-27,47,49H,3-10,19-22H2,1-2H3,(H,46,50). The summed E-state index contributed by atoms with van der Waals surface area (Å²) in [4.78, 5) is 28.3. The van der Waals surface area contributed by atoms with Crippen molar-refractivity contribution in [3.63, 3.8) is 0 Å². The monoisotopic (exact) mass is 929 g/mol. The van der Waals surface area contributed by atoms with Crippen molar-refractivity contribution < 1.29 is 32.6 Å². The molecule has 10 nitrogen and oxygen atoms in total. The van der Waals surface area contributed by atoms with Gasteiger partial charge in [0, 0.05) is 40.3 Å². The summed E-state index contributed by atoms with van der Waals surface area (Å²) >= 11 is 12.9. The van der Waals surface area contributed by atoms with Gasteiger partial charge in [-0.2, -0.15) is 0 Å². The molecular formula is C42H46Br2ClN3O7S. The highest BCUT2D eigenvalue weighted by molar-refractivity contribution is 9.10. The summed E-state index contributed by atoms with van der Waals surface area (Å²) in [6, 6.07) is 20.9. The fourth-order valence-corrected chi connectivity index (χ4v) is 8.61. The fourth-order valence-electron chi connectivity index (χ4n) is 6.54. The summed E-state index contributed by atoms with van der Waals surface area (Å²) in [7, 11) is -0.642. The smallest absolute Gasteiger partial charge is 0.258 e. The highest BCUT2D eigenvalue weighted by Gasteiger charge is 2.32. The van der Waals surface area contributed by atoms with E-state index >= 15 is 0 Å². The second kappa shape index (κ2) is 20.5. The van der Waals surface area contributed by atoms with E-state index in [-0.39, 0.29) is 22.5 Å². The Morgan fingerprint density at radius 3 is 2.21 bits per heavy atom. The highest BCUT2D eigenvalue weighted by atomic mass is 79.9. The number of amides is 2. The Hall–Kier alpha value is -3.88. The summed E-state index contributed by atoms with van der Waals surface area (Å²) in [5.41, 5.74) is 4.32. The van der Waals surface area contributed by atoms with Crippen molar-refractivity contribution in [1.82, 2.24) is 10.0 Å². The van der Waals surface area contributed by atoms with E-state index < -0.39 is 10.0 Å². The number of rotatable bonds is 20. The summed E-state index contributed by atoms with van der Waals surface area (Å²) < 4.78 is 40.3. The average molecular weight is 932 g/mol. The summed E-state index contributed by atoms with van der Waals surface area (Å²) in [6.07, 6.45) is 10.2. The fraction of sp³-hybridized carbons (Fsp3) is 0.333. The zero-order valence-corrected chi connectivity index (χ0v) is 36.1. The van der Waals surface area contributed by atoms with Gasteiger partial charge in [0.25, 0.3) is 11.8 Å². The number of nitrogens with one attached hydrogen (secondary N) is 2. The van der Waals surface area contributed by atoms with Gasteiger partial charge >= 0.3 is 0 Å². The van der Waals surface area contributed by atoms with E-state index in [1.807, 2.05) is 29.2 Å². The summed E-state index contributed by atoms with van der Waals surface area (Å²) in [5, 5.41) is 13.5. The number of sulfonamides is 1. The molecule has 1 aliphatic rings. The van der Waals surface area contributed by atoms with Crippen LogP contribution in [0.4, 0.5) is 5.69 Å². The molecule has 4 aromatic carbocycles. The normalized spacial score (nSPS) is 13.3. The molecule has 298 valence electrons. The maximum Gasteiger partial charge on any atom is 0.258 e. The van der Waals surface area contributed by atoms with Crippen LogP contribution in [0.2, 0.25) is 5.02 Å². The van der Waals surface area contributed by atoms with Crippen LogP contribution in [-0.2, 0) is 21.2 Å². The van der Waals surface area contributed by atoms with Gasteiger partial charge in [-0.3, -0.25) is 9.59 Å². The molecule has 14 heteroatoms. The molecule has 0 radical (unpaired) electrons. The quantitative estimate of drug-likeness (QED) is 0.0594. The first-order valence-corrected chi connectivity index (χ1v) is 22.0. The number of benzene rings is 4. The van der Waals surface area contributed by atoms with E-state index in [2.05, 4.69) is 41.9 Å². The largest absolute Gasteiger partial charge is 0.503 e. The number of fused-ring (bicyclic) bond motifs is 1. The Balaban J connectivity index is 0.968. The van der Waals surface area contributed by atoms with Gasteiger partial charge in [0.2, 0.25) is 10.0 Å². The van der Waals surface area contributed by atoms with Crippen LogP contribution in [0, 0.1) is 0 Å². The third-order valence-corrected chi connectivity index (χ3v) is 12.3. The van der Waals surface area contributed by atoms with Crippen molar-refractivity contribution in [2.24, 2.45) is 0 Å². The molecule has 4 aromatic rings. The number of halogens is 3. The molecule has 0 unspecified atom stereocenters. The molecule has 0 bridgehead atoms. The Morgan fingerprint density at radius 2 is 1.52 bits per heavy atom. The molecule has 5 rings (SSSR count). The van der Waals surface area contributed by atoms with Crippen molar-refractivity contribution in [3.8, 4) is 17.2 Å². The van der Waals surface area contributed by atoms with Crippen LogP contribution in [0.5, 0.6) is 17.2 Å². The minimum atomic E-state index is -3.62. The predicted octanol–water partition coefficient (Wildman–Crippen LogP) is 9.55. The second-order valence-electron chi connectivity index (χ2n) is 13.5. The van der Waals surface area contributed by atoms with Crippen LogP contribution < -0.4 is 24.4 Å². The van der Waals surface area contributed by atoms with E-state index in [1.165, 1.54) is 14.2 Å². The third kappa shape index (κ3) is 11.4. The first-order chi connectivity index (χ1) is 26.9. The van der Waals surface area contributed by atoms with Gasteiger partial charge in [0.15, 0.2) is 11.5 Å². The van der Waals surface area contributed by atoms with Crippen molar-refractivity contribution in [1.29, 1.82) is 0 Å². The van der Waals surface area contributed by atoms with E-state index in [0.29, 0.717) is 58.2 Å². The number of hydrogen-bond acceptors (Lipinski definition) is 7. The number of phenolic OH excluding ortho intramolecular Hbond substituents is 1. The topological polar surface area (TPSA) is 134 Å². The number of carbonyl (C=O) groups is 2. The Labute approximate surface area is 350 Å². The number of aromatic hydroxyl groups is 1. The molecule has 56 heavy (non-hydrogen) atoms. The van der Waals surface area contributed by atoms with Crippen LogP contribution in [0.3, 0.4) is 0 Å². The van der Waals surface area contributed by atoms with E-state index in [0.717, 1.165) is 78.2 Å². The predicted molar refractivity (Wildman–Crippen MR) is 229 cm³/mol. The van der Waals surface area contributed by atoms with Crippen LogP contribution in [0.1, 0.15) is 78.4 Å². The Bertz CT molecular complexity index is 2160. The zero-order valence-electron chi connectivity index (χ0n) is 31.4.